The van der Waals surface area contributed by atoms with Gasteiger partial charge in [0.05, 0.1) is 19.8 Å². The first kappa shape index (κ1) is 19.6. The standard InChI is InChI=1S/C22H33FN4O/c1-2-24-21(27-11-8-20(16-27)26-12-14-28-15-13-26)25-17-22(9-3-10-22)18-4-6-19(23)7-5-18/h4-7,20H,2-3,8-17H2,1H3,(H,24,25). The minimum absolute atomic E-state index is 0.0811. The quantitative estimate of drug-likeness (QED) is 0.622. The molecule has 5 nitrogen and oxygen atoms in total. The second-order valence-corrected chi connectivity index (χ2v) is 8.35. The average Bonchev–Trinajstić information content (AvgIpc) is 3.18. The lowest BCUT2D eigenvalue weighted by Gasteiger charge is -2.41. The van der Waals surface area contributed by atoms with Crippen LogP contribution >= 0.6 is 0 Å². The summed E-state index contributed by atoms with van der Waals surface area (Å²) < 4.78 is 18.9. The molecule has 154 valence electrons. The molecule has 3 fully saturated rings. The van der Waals surface area contributed by atoms with Gasteiger partial charge in [-0.2, -0.15) is 0 Å². The lowest BCUT2D eigenvalue weighted by atomic mass is 9.64. The number of hydrogen-bond donors (Lipinski definition) is 1. The smallest absolute Gasteiger partial charge is 0.193 e. The molecule has 0 aromatic heterocycles. The lowest BCUT2D eigenvalue weighted by molar-refractivity contribution is 0.0195. The zero-order valence-electron chi connectivity index (χ0n) is 17.0. The van der Waals surface area contributed by atoms with Gasteiger partial charge in [0.25, 0.3) is 0 Å². The number of likely N-dealkylation sites (tertiary alicyclic amines) is 1. The van der Waals surface area contributed by atoms with Crippen molar-refractivity contribution in [3.05, 3.63) is 35.6 Å². The van der Waals surface area contributed by atoms with Gasteiger partial charge < -0.3 is 15.0 Å². The molecule has 0 radical (unpaired) electrons. The normalized spacial score (nSPS) is 25.6. The molecule has 0 amide bonds. The second kappa shape index (κ2) is 8.78. The molecule has 6 heteroatoms. The van der Waals surface area contributed by atoms with Crippen molar-refractivity contribution in [3.63, 3.8) is 0 Å². The summed E-state index contributed by atoms with van der Waals surface area (Å²) in [6.07, 6.45) is 4.69. The maximum absolute atomic E-state index is 13.3. The number of guanidine groups is 1. The summed E-state index contributed by atoms with van der Waals surface area (Å²) in [6.45, 7) is 9.66. The van der Waals surface area contributed by atoms with E-state index in [0.29, 0.717) is 6.04 Å². The first-order chi connectivity index (χ1) is 13.7. The van der Waals surface area contributed by atoms with Gasteiger partial charge in [0.2, 0.25) is 0 Å². The van der Waals surface area contributed by atoms with Crippen LogP contribution in [0.4, 0.5) is 4.39 Å². The molecule has 1 aromatic carbocycles. The summed E-state index contributed by atoms with van der Waals surface area (Å²) >= 11 is 0. The van der Waals surface area contributed by atoms with E-state index in [1.165, 1.54) is 18.4 Å². The van der Waals surface area contributed by atoms with Crippen LogP contribution in [0.5, 0.6) is 0 Å². The predicted octanol–water partition coefficient (Wildman–Crippen LogP) is 2.62. The highest BCUT2D eigenvalue weighted by Gasteiger charge is 2.39. The van der Waals surface area contributed by atoms with E-state index < -0.39 is 0 Å². The second-order valence-electron chi connectivity index (χ2n) is 8.35. The van der Waals surface area contributed by atoms with E-state index in [-0.39, 0.29) is 11.2 Å². The Morgan fingerprint density at radius 1 is 1.21 bits per heavy atom. The fourth-order valence-electron chi connectivity index (χ4n) is 4.77. The highest BCUT2D eigenvalue weighted by atomic mass is 19.1. The molecule has 1 N–H and O–H groups in total. The van der Waals surface area contributed by atoms with Gasteiger partial charge in [-0.1, -0.05) is 18.6 Å². The number of halogens is 1. The van der Waals surface area contributed by atoms with Crippen molar-refractivity contribution in [2.75, 3.05) is 52.5 Å². The van der Waals surface area contributed by atoms with Crippen LogP contribution in [0.2, 0.25) is 0 Å². The largest absolute Gasteiger partial charge is 0.379 e. The third-order valence-corrected chi connectivity index (χ3v) is 6.66. The molecule has 2 heterocycles. The number of ether oxygens (including phenoxy) is 1. The fraction of sp³-hybridized carbons (Fsp3) is 0.682. The Labute approximate surface area is 167 Å². The molecule has 2 aliphatic heterocycles. The van der Waals surface area contributed by atoms with Crippen molar-refractivity contribution >= 4 is 5.96 Å². The van der Waals surface area contributed by atoms with Gasteiger partial charge >= 0.3 is 0 Å². The van der Waals surface area contributed by atoms with E-state index in [2.05, 4.69) is 22.0 Å². The third kappa shape index (κ3) is 4.18. The van der Waals surface area contributed by atoms with Gasteiger partial charge in [-0.3, -0.25) is 9.89 Å². The summed E-state index contributed by atoms with van der Waals surface area (Å²) in [5, 5.41) is 3.50. The zero-order valence-corrected chi connectivity index (χ0v) is 17.0. The Kier molecular flexibility index (Phi) is 6.16. The van der Waals surface area contributed by atoms with Crippen molar-refractivity contribution in [3.8, 4) is 0 Å². The monoisotopic (exact) mass is 388 g/mol. The van der Waals surface area contributed by atoms with Gasteiger partial charge in [-0.05, 0) is 43.9 Å². The Bertz CT molecular complexity index is 668. The Morgan fingerprint density at radius 2 is 1.96 bits per heavy atom. The van der Waals surface area contributed by atoms with Crippen LogP contribution in [0.3, 0.4) is 0 Å². The van der Waals surface area contributed by atoms with Gasteiger partial charge in [-0.25, -0.2) is 4.39 Å². The summed E-state index contributed by atoms with van der Waals surface area (Å²) in [5.41, 5.74) is 1.31. The zero-order chi connectivity index (χ0) is 19.4. The molecule has 28 heavy (non-hydrogen) atoms. The van der Waals surface area contributed by atoms with Crippen LogP contribution in [0, 0.1) is 5.82 Å². The minimum atomic E-state index is -0.165. The molecular weight excluding hydrogens is 355 g/mol. The number of morpholine rings is 1. The number of rotatable bonds is 5. The molecule has 4 rings (SSSR count). The predicted molar refractivity (Wildman–Crippen MR) is 110 cm³/mol. The molecule has 3 aliphatic rings. The summed E-state index contributed by atoms with van der Waals surface area (Å²) in [5.74, 6) is 0.868. The molecule has 0 bridgehead atoms. The molecule has 1 unspecified atom stereocenters. The van der Waals surface area contributed by atoms with Gasteiger partial charge in [0.1, 0.15) is 5.82 Å². The number of aliphatic imine (C=N–C) groups is 1. The van der Waals surface area contributed by atoms with E-state index >= 15 is 0 Å². The van der Waals surface area contributed by atoms with Gasteiger partial charge in [0, 0.05) is 44.2 Å². The van der Waals surface area contributed by atoms with Crippen molar-refractivity contribution < 1.29 is 9.13 Å². The van der Waals surface area contributed by atoms with E-state index in [1.54, 1.807) is 12.1 Å². The van der Waals surface area contributed by atoms with Crippen LogP contribution in [0.15, 0.2) is 29.3 Å². The summed E-state index contributed by atoms with van der Waals surface area (Å²) in [6, 6.07) is 7.65. The maximum atomic E-state index is 13.3. The number of hydrogen-bond acceptors (Lipinski definition) is 3. The third-order valence-electron chi connectivity index (χ3n) is 6.66. The van der Waals surface area contributed by atoms with Crippen LogP contribution < -0.4 is 5.32 Å². The SMILES string of the molecule is CCNC(=NCC1(c2ccc(F)cc2)CCC1)N1CCC(N2CCOCC2)C1. The number of nitrogens with zero attached hydrogens (tertiary/aromatic N) is 3. The van der Waals surface area contributed by atoms with E-state index in [9.17, 15) is 4.39 Å². The van der Waals surface area contributed by atoms with Crippen LogP contribution in [0.25, 0.3) is 0 Å². The molecular formula is C22H33FN4O. The lowest BCUT2D eigenvalue weighted by Crippen LogP contribution is -2.47. The molecule has 1 saturated carbocycles. The first-order valence-electron chi connectivity index (χ1n) is 10.8. The molecule has 1 aliphatic carbocycles. The Morgan fingerprint density at radius 3 is 2.61 bits per heavy atom. The first-order valence-corrected chi connectivity index (χ1v) is 10.8. The number of benzene rings is 1. The molecule has 1 aromatic rings. The highest BCUT2D eigenvalue weighted by molar-refractivity contribution is 5.80. The number of nitrogens with one attached hydrogen (secondary N) is 1. The van der Waals surface area contributed by atoms with E-state index in [1.807, 2.05) is 12.1 Å². The van der Waals surface area contributed by atoms with E-state index in [4.69, 9.17) is 9.73 Å². The molecule has 2 saturated heterocycles. The van der Waals surface area contributed by atoms with Gasteiger partial charge in [0.15, 0.2) is 5.96 Å². The highest BCUT2D eigenvalue weighted by Crippen LogP contribution is 2.44. The van der Waals surface area contributed by atoms with Crippen molar-refractivity contribution in [2.45, 2.75) is 44.1 Å². The summed E-state index contributed by atoms with van der Waals surface area (Å²) in [4.78, 5) is 10.0. The topological polar surface area (TPSA) is 40.1 Å². The average molecular weight is 389 g/mol. The van der Waals surface area contributed by atoms with Gasteiger partial charge in [-0.15, -0.1) is 0 Å². The van der Waals surface area contributed by atoms with E-state index in [0.717, 1.165) is 71.3 Å². The van der Waals surface area contributed by atoms with Crippen LogP contribution in [-0.2, 0) is 10.2 Å². The maximum Gasteiger partial charge on any atom is 0.193 e. The Balaban J connectivity index is 1.43. The van der Waals surface area contributed by atoms with Crippen molar-refractivity contribution in [1.29, 1.82) is 0 Å². The van der Waals surface area contributed by atoms with Crippen LogP contribution in [-0.4, -0.2) is 74.3 Å². The molecule has 1 atom stereocenters. The van der Waals surface area contributed by atoms with Crippen molar-refractivity contribution in [1.82, 2.24) is 15.1 Å². The Hall–Kier alpha value is -1.66. The summed E-state index contributed by atoms with van der Waals surface area (Å²) in [7, 11) is 0. The molecule has 0 spiro atoms. The van der Waals surface area contributed by atoms with Crippen LogP contribution in [0.1, 0.15) is 38.2 Å². The fourth-order valence-corrected chi connectivity index (χ4v) is 4.77. The van der Waals surface area contributed by atoms with Crippen molar-refractivity contribution in [2.24, 2.45) is 4.99 Å². The minimum Gasteiger partial charge on any atom is -0.379 e.